The fourth-order valence-electron chi connectivity index (χ4n) is 2.21. The highest BCUT2D eigenvalue weighted by Gasteiger charge is 2.18. The zero-order chi connectivity index (χ0) is 19.1. The average molecular weight is 358 g/mol. The van der Waals surface area contributed by atoms with Gasteiger partial charge in [-0.05, 0) is 55.0 Å². The Morgan fingerprint density at radius 3 is 2.12 bits per heavy atom. The van der Waals surface area contributed by atoms with Crippen LogP contribution in [0.25, 0.3) is 6.08 Å². The van der Waals surface area contributed by atoms with Crippen molar-refractivity contribution in [3.63, 3.8) is 0 Å². The van der Waals surface area contributed by atoms with Crippen molar-refractivity contribution >= 4 is 17.8 Å². The van der Waals surface area contributed by atoms with E-state index in [1.54, 1.807) is 18.2 Å². The van der Waals surface area contributed by atoms with Gasteiger partial charge in [-0.1, -0.05) is 0 Å². The van der Waals surface area contributed by atoms with Crippen molar-refractivity contribution in [2.75, 3.05) is 14.2 Å². The van der Waals surface area contributed by atoms with Crippen LogP contribution >= 0.6 is 0 Å². The topological polar surface area (TPSA) is 61.8 Å². The summed E-state index contributed by atoms with van der Waals surface area (Å²) in [6, 6.07) is 10.2. The minimum Gasteiger partial charge on any atom is -0.497 e. The molecule has 0 fully saturated rings. The number of carbonyl (C=O) groups excluding carboxylic acids is 2. The van der Waals surface area contributed by atoms with Crippen LogP contribution < -0.4 is 9.47 Å². The van der Waals surface area contributed by atoms with E-state index in [2.05, 4.69) is 0 Å². The number of Topliss-reactive ketones (excluding diaryl/α,β-unsaturated/α-hetero) is 1. The first kappa shape index (κ1) is 19.2. The van der Waals surface area contributed by atoms with Crippen LogP contribution in [0.5, 0.6) is 11.5 Å². The van der Waals surface area contributed by atoms with Crippen molar-refractivity contribution in [1.82, 2.24) is 0 Å². The van der Waals surface area contributed by atoms with Gasteiger partial charge in [0.05, 0.1) is 14.2 Å². The molecule has 0 N–H and O–H groups in total. The third-order valence-electron chi connectivity index (χ3n) is 3.58. The Morgan fingerprint density at radius 2 is 1.58 bits per heavy atom. The quantitative estimate of drug-likeness (QED) is 0.429. The molecule has 26 heavy (non-hydrogen) atoms. The first-order valence-corrected chi connectivity index (χ1v) is 7.84. The molecule has 0 saturated carbocycles. The molecule has 5 nitrogen and oxygen atoms in total. The van der Waals surface area contributed by atoms with Crippen molar-refractivity contribution in [2.24, 2.45) is 0 Å². The molecule has 2 rings (SSSR count). The molecule has 1 atom stereocenters. The van der Waals surface area contributed by atoms with Gasteiger partial charge in [-0.25, -0.2) is 9.18 Å². The van der Waals surface area contributed by atoms with E-state index in [9.17, 15) is 14.0 Å². The molecule has 0 amide bonds. The molecule has 6 heteroatoms. The first-order chi connectivity index (χ1) is 12.4. The largest absolute Gasteiger partial charge is 0.497 e. The number of carbonyl (C=O) groups is 2. The Labute approximate surface area is 151 Å². The molecule has 0 saturated heterocycles. The van der Waals surface area contributed by atoms with Crippen molar-refractivity contribution < 1.29 is 28.2 Å². The maximum absolute atomic E-state index is 12.9. The molecule has 0 unspecified atom stereocenters. The van der Waals surface area contributed by atoms with Crippen molar-refractivity contribution in [3.05, 3.63) is 65.5 Å². The van der Waals surface area contributed by atoms with E-state index < -0.39 is 23.7 Å². The monoisotopic (exact) mass is 358 g/mol. The Morgan fingerprint density at radius 1 is 1.00 bits per heavy atom. The SMILES string of the molecule is COc1cc(/C=C/C(=O)O[C@@H](C)C(=O)c2ccc(F)cc2)cc(OC)c1. The van der Waals surface area contributed by atoms with Gasteiger partial charge in [-0.15, -0.1) is 0 Å². The second kappa shape index (κ2) is 8.80. The summed E-state index contributed by atoms with van der Waals surface area (Å²) in [6.45, 7) is 1.46. The number of rotatable bonds is 7. The van der Waals surface area contributed by atoms with Crippen LogP contribution in [0.15, 0.2) is 48.5 Å². The normalized spacial score (nSPS) is 11.8. The van der Waals surface area contributed by atoms with Crippen LogP contribution in [-0.4, -0.2) is 32.1 Å². The van der Waals surface area contributed by atoms with E-state index in [0.717, 1.165) is 0 Å². The molecule has 0 spiro atoms. The fourth-order valence-corrected chi connectivity index (χ4v) is 2.21. The molecule has 2 aromatic carbocycles. The standard InChI is InChI=1S/C20H19FO5/c1-13(20(23)15-5-7-16(21)8-6-15)26-19(22)9-4-14-10-17(24-2)12-18(11-14)25-3/h4-13H,1-3H3/b9-4+/t13-/m0/s1. The van der Waals surface area contributed by atoms with Gasteiger partial charge in [-0.3, -0.25) is 4.79 Å². The highest BCUT2D eigenvalue weighted by molar-refractivity contribution is 6.01. The van der Waals surface area contributed by atoms with Crippen molar-refractivity contribution in [2.45, 2.75) is 13.0 Å². The van der Waals surface area contributed by atoms with E-state index in [-0.39, 0.29) is 5.56 Å². The maximum Gasteiger partial charge on any atom is 0.331 e. The molecule has 136 valence electrons. The van der Waals surface area contributed by atoms with Gasteiger partial charge in [0.2, 0.25) is 5.78 Å². The summed E-state index contributed by atoms with van der Waals surface area (Å²) in [5, 5.41) is 0. The lowest BCUT2D eigenvalue weighted by molar-refractivity contribution is -0.140. The van der Waals surface area contributed by atoms with Crippen molar-refractivity contribution in [1.29, 1.82) is 0 Å². The second-order valence-corrected chi connectivity index (χ2v) is 5.43. The highest BCUT2D eigenvalue weighted by atomic mass is 19.1. The Bertz CT molecular complexity index is 789. The van der Waals surface area contributed by atoms with Gasteiger partial charge in [-0.2, -0.15) is 0 Å². The van der Waals surface area contributed by atoms with Crippen LogP contribution in [0.1, 0.15) is 22.8 Å². The molecular weight excluding hydrogens is 339 g/mol. The zero-order valence-electron chi connectivity index (χ0n) is 14.7. The second-order valence-electron chi connectivity index (χ2n) is 5.43. The summed E-state index contributed by atoms with van der Waals surface area (Å²) in [6.07, 6.45) is 1.75. The van der Waals surface area contributed by atoms with Crippen LogP contribution in [0.3, 0.4) is 0 Å². The molecule has 0 bridgehead atoms. The van der Waals surface area contributed by atoms with E-state index in [4.69, 9.17) is 14.2 Å². The van der Waals surface area contributed by atoms with Crippen LogP contribution in [0.4, 0.5) is 4.39 Å². The molecule has 0 aliphatic carbocycles. The van der Waals surface area contributed by atoms with Gasteiger partial charge >= 0.3 is 5.97 Å². The Hall–Kier alpha value is -3.15. The lowest BCUT2D eigenvalue weighted by atomic mass is 10.1. The summed E-state index contributed by atoms with van der Waals surface area (Å²) >= 11 is 0. The number of benzene rings is 2. The molecule has 0 radical (unpaired) electrons. The predicted molar refractivity (Wildman–Crippen MR) is 94.9 cm³/mol. The van der Waals surface area contributed by atoms with Crippen LogP contribution in [-0.2, 0) is 9.53 Å². The van der Waals surface area contributed by atoms with Gasteiger partial charge < -0.3 is 14.2 Å². The molecule has 2 aromatic rings. The summed E-state index contributed by atoms with van der Waals surface area (Å²) in [5.41, 5.74) is 0.948. The minimum absolute atomic E-state index is 0.271. The summed E-state index contributed by atoms with van der Waals surface area (Å²) < 4.78 is 28.3. The van der Waals surface area contributed by atoms with Gasteiger partial charge in [0.1, 0.15) is 17.3 Å². The molecule has 0 aliphatic heterocycles. The third kappa shape index (κ3) is 5.17. The molecule has 0 aromatic heterocycles. The van der Waals surface area contributed by atoms with Crippen LogP contribution in [0.2, 0.25) is 0 Å². The molecule has 0 heterocycles. The first-order valence-electron chi connectivity index (χ1n) is 7.84. The Balaban J connectivity index is 2.02. The van der Waals surface area contributed by atoms with E-state index >= 15 is 0 Å². The van der Waals surface area contributed by atoms with Gasteiger partial charge in [0.25, 0.3) is 0 Å². The number of methoxy groups -OCH3 is 2. The van der Waals surface area contributed by atoms with E-state index in [1.807, 2.05) is 0 Å². The fraction of sp³-hybridized carbons (Fsp3) is 0.200. The maximum atomic E-state index is 12.9. The highest BCUT2D eigenvalue weighted by Crippen LogP contribution is 2.23. The zero-order valence-corrected chi connectivity index (χ0v) is 14.7. The smallest absolute Gasteiger partial charge is 0.331 e. The molecule has 0 aliphatic rings. The molecular formula is C20H19FO5. The summed E-state index contributed by atoms with van der Waals surface area (Å²) in [7, 11) is 3.05. The van der Waals surface area contributed by atoms with Crippen molar-refractivity contribution in [3.8, 4) is 11.5 Å². The van der Waals surface area contributed by atoms with E-state index in [1.165, 1.54) is 57.6 Å². The lowest BCUT2D eigenvalue weighted by Crippen LogP contribution is -2.23. The summed E-state index contributed by atoms with van der Waals surface area (Å²) in [4.78, 5) is 24.1. The summed E-state index contributed by atoms with van der Waals surface area (Å²) in [5.74, 6) is -0.359. The number of halogens is 1. The number of hydrogen-bond acceptors (Lipinski definition) is 5. The van der Waals surface area contributed by atoms with Gasteiger partial charge in [0.15, 0.2) is 6.10 Å². The minimum atomic E-state index is -0.988. The number of esters is 1. The predicted octanol–water partition coefficient (Wildman–Crippen LogP) is 3.67. The van der Waals surface area contributed by atoms with Crippen LogP contribution in [0, 0.1) is 5.82 Å². The van der Waals surface area contributed by atoms with E-state index in [0.29, 0.717) is 17.1 Å². The van der Waals surface area contributed by atoms with Gasteiger partial charge in [0, 0.05) is 17.7 Å². The lowest BCUT2D eigenvalue weighted by Gasteiger charge is -2.11. The average Bonchev–Trinajstić information content (AvgIpc) is 2.66. The Kier molecular flexibility index (Phi) is 6.49. The number of hydrogen-bond donors (Lipinski definition) is 0. The number of ether oxygens (including phenoxy) is 3. The number of ketones is 1. The third-order valence-corrected chi connectivity index (χ3v) is 3.58.